The Hall–Kier alpha value is -1.79. The number of nitrogens with one attached hydrogen (secondary N) is 2. The van der Waals surface area contributed by atoms with Crippen LogP contribution in [0, 0.1) is 11.3 Å². The summed E-state index contributed by atoms with van der Waals surface area (Å²) < 4.78 is 0. The van der Waals surface area contributed by atoms with Crippen LogP contribution in [0.15, 0.2) is 0 Å². The fourth-order valence-corrected chi connectivity index (χ4v) is 2.30. The van der Waals surface area contributed by atoms with Crippen LogP contribution in [-0.2, 0) is 9.59 Å². The highest BCUT2D eigenvalue weighted by atomic mass is 16.4. The topological polar surface area (TPSA) is 116 Å². The second-order valence-corrected chi connectivity index (χ2v) is 6.02. The van der Waals surface area contributed by atoms with Crippen molar-refractivity contribution in [1.82, 2.24) is 10.6 Å². The van der Waals surface area contributed by atoms with Crippen LogP contribution in [0.1, 0.15) is 46.0 Å². The van der Waals surface area contributed by atoms with Gasteiger partial charge < -0.3 is 20.8 Å². The molecule has 1 aliphatic rings. The van der Waals surface area contributed by atoms with E-state index in [9.17, 15) is 14.4 Å². The molecule has 1 saturated carbocycles. The summed E-state index contributed by atoms with van der Waals surface area (Å²) in [5.41, 5.74) is 0.152. The maximum atomic E-state index is 11.8. The second kappa shape index (κ2) is 7.28. The molecule has 1 rings (SSSR count). The van der Waals surface area contributed by atoms with Gasteiger partial charge in [0.2, 0.25) is 0 Å². The fraction of sp³-hybridized carbons (Fsp3) is 0.786. The highest BCUT2D eigenvalue weighted by molar-refractivity contribution is 5.82. The van der Waals surface area contributed by atoms with Crippen molar-refractivity contribution in [2.24, 2.45) is 11.3 Å². The highest BCUT2D eigenvalue weighted by Crippen LogP contribution is 2.51. The van der Waals surface area contributed by atoms with E-state index >= 15 is 0 Å². The number of aliphatic carboxylic acids is 2. The van der Waals surface area contributed by atoms with Gasteiger partial charge in [0.25, 0.3) is 0 Å². The number of hydrogen-bond donors (Lipinski definition) is 4. The molecule has 1 fully saturated rings. The van der Waals surface area contributed by atoms with E-state index in [-0.39, 0.29) is 24.7 Å². The molecule has 0 bridgehead atoms. The first-order chi connectivity index (χ1) is 9.77. The molecule has 7 heteroatoms. The van der Waals surface area contributed by atoms with Crippen molar-refractivity contribution in [3.63, 3.8) is 0 Å². The summed E-state index contributed by atoms with van der Waals surface area (Å²) in [6.07, 6.45) is 2.36. The van der Waals surface area contributed by atoms with Crippen molar-refractivity contribution in [1.29, 1.82) is 0 Å². The Morgan fingerprint density at radius 3 is 2.24 bits per heavy atom. The van der Waals surface area contributed by atoms with Crippen molar-refractivity contribution < 1.29 is 24.6 Å². The van der Waals surface area contributed by atoms with Crippen LogP contribution in [0.4, 0.5) is 4.79 Å². The summed E-state index contributed by atoms with van der Waals surface area (Å²) >= 11 is 0. The number of carbonyl (C=O) groups excluding carboxylic acids is 1. The van der Waals surface area contributed by atoms with Gasteiger partial charge in [0.05, 0.1) is 0 Å². The molecule has 1 atom stereocenters. The highest BCUT2D eigenvalue weighted by Gasteiger charge is 2.45. The average Bonchev–Trinajstić information content (AvgIpc) is 3.15. The van der Waals surface area contributed by atoms with Crippen LogP contribution in [0.25, 0.3) is 0 Å². The van der Waals surface area contributed by atoms with E-state index in [4.69, 9.17) is 10.2 Å². The van der Waals surface area contributed by atoms with Crippen LogP contribution in [0.3, 0.4) is 0 Å². The van der Waals surface area contributed by atoms with Crippen LogP contribution >= 0.6 is 0 Å². The van der Waals surface area contributed by atoms with Crippen molar-refractivity contribution in [2.45, 2.75) is 52.0 Å². The zero-order valence-corrected chi connectivity index (χ0v) is 12.5. The molecule has 0 spiro atoms. The largest absolute Gasteiger partial charge is 0.481 e. The minimum atomic E-state index is -1.15. The van der Waals surface area contributed by atoms with Gasteiger partial charge in [0.1, 0.15) is 6.04 Å². The van der Waals surface area contributed by atoms with Crippen molar-refractivity contribution >= 4 is 18.0 Å². The molecular weight excluding hydrogens is 276 g/mol. The SMILES string of the molecule is CC(C)C1(CNC(=O)N[C@H](CCCC(=O)O)C(=O)O)CC1. The van der Waals surface area contributed by atoms with Gasteiger partial charge >= 0.3 is 18.0 Å². The van der Waals surface area contributed by atoms with Crippen LogP contribution < -0.4 is 10.6 Å². The third-order valence-electron chi connectivity index (χ3n) is 4.20. The zero-order valence-electron chi connectivity index (χ0n) is 12.5. The molecule has 2 amide bonds. The van der Waals surface area contributed by atoms with Gasteiger partial charge in [0, 0.05) is 13.0 Å². The maximum Gasteiger partial charge on any atom is 0.326 e. The molecule has 21 heavy (non-hydrogen) atoms. The lowest BCUT2D eigenvalue weighted by molar-refractivity contribution is -0.140. The van der Waals surface area contributed by atoms with Crippen molar-refractivity contribution in [2.75, 3.05) is 6.54 Å². The molecule has 0 aliphatic heterocycles. The van der Waals surface area contributed by atoms with E-state index in [2.05, 4.69) is 24.5 Å². The van der Waals surface area contributed by atoms with Crippen molar-refractivity contribution in [3.05, 3.63) is 0 Å². The zero-order chi connectivity index (χ0) is 16.0. The third-order valence-corrected chi connectivity index (χ3v) is 4.20. The Labute approximate surface area is 124 Å². The van der Waals surface area contributed by atoms with Gasteiger partial charge in [-0.2, -0.15) is 0 Å². The van der Waals surface area contributed by atoms with Crippen LogP contribution in [0.2, 0.25) is 0 Å². The number of carbonyl (C=O) groups is 3. The van der Waals surface area contributed by atoms with Gasteiger partial charge in [-0.1, -0.05) is 13.8 Å². The smallest absolute Gasteiger partial charge is 0.326 e. The van der Waals surface area contributed by atoms with E-state index in [1.54, 1.807) is 0 Å². The normalized spacial score (nSPS) is 17.1. The molecule has 4 N–H and O–H groups in total. The second-order valence-electron chi connectivity index (χ2n) is 6.02. The van der Waals surface area contributed by atoms with Gasteiger partial charge in [0.15, 0.2) is 0 Å². The first-order valence-corrected chi connectivity index (χ1v) is 7.26. The number of carboxylic acid groups (broad SMARTS) is 2. The Balaban J connectivity index is 2.35. The molecule has 0 aromatic rings. The number of urea groups is 1. The molecule has 0 heterocycles. The van der Waals surface area contributed by atoms with E-state index in [1.807, 2.05) is 0 Å². The van der Waals surface area contributed by atoms with E-state index in [1.165, 1.54) is 0 Å². The molecule has 0 unspecified atom stereocenters. The maximum absolute atomic E-state index is 11.8. The van der Waals surface area contributed by atoms with Crippen molar-refractivity contribution in [3.8, 4) is 0 Å². The third kappa shape index (κ3) is 5.61. The summed E-state index contributed by atoms with van der Waals surface area (Å²) in [7, 11) is 0. The molecule has 0 aromatic carbocycles. The Bertz CT molecular complexity index is 404. The molecule has 0 aromatic heterocycles. The summed E-state index contributed by atoms with van der Waals surface area (Å²) in [6.45, 7) is 4.76. The van der Waals surface area contributed by atoms with Gasteiger partial charge in [-0.05, 0) is 37.0 Å². The summed E-state index contributed by atoms with van der Waals surface area (Å²) in [6, 6.07) is -1.57. The Kier molecular flexibility index (Phi) is 5.99. The van der Waals surface area contributed by atoms with E-state index in [0.29, 0.717) is 12.5 Å². The number of carboxylic acids is 2. The van der Waals surface area contributed by atoms with Crippen LogP contribution in [-0.4, -0.2) is 40.8 Å². The molecule has 1 aliphatic carbocycles. The standard InChI is InChI=1S/C14H24N2O5/c1-9(2)14(6-7-14)8-15-13(21)16-10(12(19)20)4-3-5-11(17)18/h9-10H,3-8H2,1-2H3,(H,17,18)(H,19,20)(H2,15,16,21)/t10-/m1/s1. The molecule has 0 radical (unpaired) electrons. The van der Waals surface area contributed by atoms with E-state index in [0.717, 1.165) is 12.8 Å². The lowest BCUT2D eigenvalue weighted by Gasteiger charge is -2.21. The quantitative estimate of drug-likeness (QED) is 0.514. The van der Waals surface area contributed by atoms with Gasteiger partial charge in [-0.25, -0.2) is 9.59 Å². The molecular formula is C14H24N2O5. The predicted molar refractivity (Wildman–Crippen MR) is 76.0 cm³/mol. The molecule has 0 saturated heterocycles. The fourth-order valence-electron chi connectivity index (χ4n) is 2.30. The first kappa shape index (κ1) is 17.3. The summed E-state index contributed by atoms with van der Waals surface area (Å²) in [4.78, 5) is 33.2. The van der Waals surface area contributed by atoms with Crippen LogP contribution in [0.5, 0.6) is 0 Å². The van der Waals surface area contributed by atoms with Gasteiger partial charge in [-0.3, -0.25) is 4.79 Å². The monoisotopic (exact) mass is 300 g/mol. The molecule has 7 nitrogen and oxygen atoms in total. The Morgan fingerprint density at radius 1 is 1.19 bits per heavy atom. The Morgan fingerprint density at radius 2 is 1.81 bits per heavy atom. The van der Waals surface area contributed by atoms with Gasteiger partial charge in [-0.15, -0.1) is 0 Å². The lowest BCUT2D eigenvalue weighted by atomic mass is 9.92. The molecule has 120 valence electrons. The predicted octanol–water partition coefficient (Wildman–Crippen LogP) is 1.43. The minimum Gasteiger partial charge on any atom is -0.481 e. The summed E-state index contributed by atoms with van der Waals surface area (Å²) in [5, 5.41) is 22.7. The number of rotatable bonds is 9. The average molecular weight is 300 g/mol. The van der Waals surface area contributed by atoms with E-state index < -0.39 is 24.0 Å². The number of amides is 2. The number of hydrogen-bond acceptors (Lipinski definition) is 3. The lowest BCUT2D eigenvalue weighted by Crippen LogP contribution is -2.47. The summed E-state index contributed by atoms with van der Waals surface area (Å²) in [5.74, 6) is -1.65. The minimum absolute atomic E-state index is 0.102. The first-order valence-electron chi connectivity index (χ1n) is 7.26.